The monoisotopic (exact) mass is 243 g/mol. The van der Waals surface area contributed by atoms with Gasteiger partial charge in [-0.3, -0.25) is 0 Å². The third-order valence-electron chi connectivity index (χ3n) is 2.53. The highest BCUT2D eigenvalue weighted by Gasteiger charge is 1.98. The summed E-state index contributed by atoms with van der Waals surface area (Å²) in [5.41, 5.74) is 2.63. The van der Waals surface area contributed by atoms with Crippen molar-refractivity contribution in [2.75, 3.05) is 7.05 Å². The minimum absolute atomic E-state index is 0.926. The van der Waals surface area contributed by atoms with Gasteiger partial charge in [-0.05, 0) is 43.8 Å². The van der Waals surface area contributed by atoms with E-state index in [0.717, 1.165) is 6.54 Å². The maximum Gasteiger partial charge on any atom is 0.0202 e. The van der Waals surface area contributed by atoms with Crippen LogP contribution >= 0.6 is 11.8 Å². The van der Waals surface area contributed by atoms with Crippen LogP contribution in [-0.4, -0.2) is 7.05 Å². The molecule has 0 unspecified atom stereocenters. The van der Waals surface area contributed by atoms with Crippen LogP contribution in [0, 0.1) is 6.92 Å². The van der Waals surface area contributed by atoms with Gasteiger partial charge in [-0.2, -0.15) is 0 Å². The fourth-order valence-corrected chi connectivity index (χ4v) is 2.63. The van der Waals surface area contributed by atoms with E-state index in [1.54, 1.807) is 0 Å². The molecule has 0 bridgehead atoms. The number of rotatable bonds is 4. The molecule has 2 aromatic rings. The van der Waals surface area contributed by atoms with Crippen molar-refractivity contribution in [1.29, 1.82) is 0 Å². The molecule has 0 aliphatic heterocycles. The third kappa shape index (κ3) is 3.62. The molecule has 1 N–H and O–H groups in total. The van der Waals surface area contributed by atoms with Crippen molar-refractivity contribution >= 4 is 11.8 Å². The van der Waals surface area contributed by atoms with Crippen LogP contribution in [0.4, 0.5) is 0 Å². The number of nitrogens with one attached hydrogen (secondary N) is 1. The van der Waals surface area contributed by atoms with Crippen molar-refractivity contribution in [3.63, 3.8) is 0 Å². The second-order valence-corrected chi connectivity index (χ2v) is 5.24. The summed E-state index contributed by atoms with van der Waals surface area (Å²) in [4.78, 5) is 2.59. The standard InChI is InChI=1S/C15H17NS/c1-12-4-3-5-15(10-12)17-14-8-6-13(7-9-14)11-16-2/h3-10,16H,11H2,1-2H3. The zero-order chi connectivity index (χ0) is 12.1. The first-order valence-corrected chi connectivity index (χ1v) is 6.57. The lowest BCUT2D eigenvalue weighted by atomic mass is 10.2. The minimum Gasteiger partial charge on any atom is -0.316 e. The van der Waals surface area contributed by atoms with E-state index in [4.69, 9.17) is 0 Å². The number of hydrogen-bond acceptors (Lipinski definition) is 2. The smallest absolute Gasteiger partial charge is 0.0202 e. The predicted octanol–water partition coefficient (Wildman–Crippen LogP) is 3.87. The fraction of sp³-hybridized carbons (Fsp3) is 0.200. The minimum atomic E-state index is 0.926. The molecule has 2 heteroatoms. The molecule has 17 heavy (non-hydrogen) atoms. The molecule has 0 heterocycles. The van der Waals surface area contributed by atoms with E-state index in [-0.39, 0.29) is 0 Å². The highest BCUT2D eigenvalue weighted by Crippen LogP contribution is 2.28. The van der Waals surface area contributed by atoms with Gasteiger partial charge < -0.3 is 5.32 Å². The quantitative estimate of drug-likeness (QED) is 0.875. The lowest BCUT2D eigenvalue weighted by Crippen LogP contribution is -2.04. The maximum absolute atomic E-state index is 3.15. The summed E-state index contributed by atoms with van der Waals surface area (Å²) in [7, 11) is 1.97. The zero-order valence-corrected chi connectivity index (χ0v) is 11.1. The second-order valence-electron chi connectivity index (χ2n) is 4.09. The average molecular weight is 243 g/mol. The van der Waals surface area contributed by atoms with Gasteiger partial charge in [0.05, 0.1) is 0 Å². The van der Waals surface area contributed by atoms with Crippen molar-refractivity contribution in [2.24, 2.45) is 0 Å². The Morgan fingerprint density at radius 1 is 1.00 bits per heavy atom. The van der Waals surface area contributed by atoms with E-state index in [1.165, 1.54) is 20.9 Å². The number of aryl methyl sites for hydroxylation is 1. The second kappa shape index (κ2) is 5.89. The molecule has 0 aliphatic rings. The van der Waals surface area contributed by atoms with Gasteiger partial charge in [0.1, 0.15) is 0 Å². The van der Waals surface area contributed by atoms with Crippen molar-refractivity contribution < 1.29 is 0 Å². The van der Waals surface area contributed by atoms with Crippen LogP contribution < -0.4 is 5.32 Å². The molecule has 88 valence electrons. The summed E-state index contributed by atoms with van der Waals surface area (Å²) in [5.74, 6) is 0. The molecule has 0 aromatic heterocycles. The summed E-state index contributed by atoms with van der Waals surface area (Å²) in [6, 6.07) is 17.3. The maximum atomic E-state index is 3.15. The molecule has 2 aromatic carbocycles. The zero-order valence-electron chi connectivity index (χ0n) is 10.2. The van der Waals surface area contributed by atoms with Crippen LogP contribution in [-0.2, 0) is 6.54 Å². The number of benzene rings is 2. The Kier molecular flexibility index (Phi) is 4.24. The molecule has 0 aliphatic carbocycles. The fourth-order valence-electron chi connectivity index (χ4n) is 1.69. The molecule has 0 radical (unpaired) electrons. The van der Waals surface area contributed by atoms with Crippen molar-refractivity contribution in [3.8, 4) is 0 Å². The Morgan fingerprint density at radius 2 is 1.76 bits per heavy atom. The summed E-state index contributed by atoms with van der Waals surface area (Å²) < 4.78 is 0. The highest BCUT2D eigenvalue weighted by atomic mass is 32.2. The predicted molar refractivity (Wildman–Crippen MR) is 74.5 cm³/mol. The van der Waals surface area contributed by atoms with Gasteiger partial charge in [0, 0.05) is 16.3 Å². The average Bonchev–Trinajstić information content (AvgIpc) is 2.32. The van der Waals surface area contributed by atoms with E-state index >= 15 is 0 Å². The Bertz CT molecular complexity index is 477. The molecule has 0 fully saturated rings. The van der Waals surface area contributed by atoms with Crippen LogP contribution in [0.1, 0.15) is 11.1 Å². The van der Waals surface area contributed by atoms with E-state index in [1.807, 2.05) is 18.8 Å². The first-order valence-electron chi connectivity index (χ1n) is 5.76. The van der Waals surface area contributed by atoms with Gasteiger partial charge in [-0.1, -0.05) is 41.6 Å². The van der Waals surface area contributed by atoms with Gasteiger partial charge in [0.25, 0.3) is 0 Å². The van der Waals surface area contributed by atoms with Gasteiger partial charge in [0.15, 0.2) is 0 Å². The molecule has 0 amide bonds. The van der Waals surface area contributed by atoms with Gasteiger partial charge >= 0.3 is 0 Å². The van der Waals surface area contributed by atoms with Crippen LogP contribution in [0.2, 0.25) is 0 Å². The summed E-state index contributed by atoms with van der Waals surface area (Å²) in [6.07, 6.45) is 0. The van der Waals surface area contributed by atoms with E-state index in [9.17, 15) is 0 Å². The van der Waals surface area contributed by atoms with Crippen LogP contribution in [0.15, 0.2) is 58.3 Å². The van der Waals surface area contributed by atoms with E-state index in [2.05, 4.69) is 60.8 Å². The topological polar surface area (TPSA) is 12.0 Å². The Labute approximate surface area is 107 Å². The summed E-state index contributed by atoms with van der Waals surface area (Å²) in [5, 5.41) is 3.15. The third-order valence-corrected chi connectivity index (χ3v) is 3.53. The number of hydrogen-bond donors (Lipinski definition) is 1. The first-order chi connectivity index (χ1) is 8.28. The summed E-state index contributed by atoms with van der Waals surface area (Å²) in [6.45, 7) is 3.05. The Balaban J connectivity index is 2.08. The molecule has 2 rings (SSSR count). The van der Waals surface area contributed by atoms with Crippen molar-refractivity contribution in [1.82, 2.24) is 5.32 Å². The SMILES string of the molecule is CNCc1ccc(Sc2cccc(C)c2)cc1. The van der Waals surface area contributed by atoms with E-state index in [0.29, 0.717) is 0 Å². The lowest BCUT2D eigenvalue weighted by molar-refractivity contribution is 0.817. The van der Waals surface area contributed by atoms with Crippen LogP contribution in [0.5, 0.6) is 0 Å². The Hall–Kier alpha value is -1.25. The lowest BCUT2D eigenvalue weighted by Gasteiger charge is -2.04. The van der Waals surface area contributed by atoms with E-state index < -0.39 is 0 Å². The molecule has 0 spiro atoms. The highest BCUT2D eigenvalue weighted by molar-refractivity contribution is 7.99. The normalized spacial score (nSPS) is 10.5. The van der Waals surface area contributed by atoms with Crippen molar-refractivity contribution in [2.45, 2.75) is 23.3 Å². The molecular formula is C15H17NS. The molecular weight excluding hydrogens is 226 g/mol. The van der Waals surface area contributed by atoms with Crippen LogP contribution in [0.25, 0.3) is 0 Å². The van der Waals surface area contributed by atoms with Gasteiger partial charge in [0.2, 0.25) is 0 Å². The molecule has 0 saturated carbocycles. The molecule has 0 saturated heterocycles. The van der Waals surface area contributed by atoms with Crippen molar-refractivity contribution in [3.05, 3.63) is 59.7 Å². The largest absolute Gasteiger partial charge is 0.316 e. The summed E-state index contributed by atoms with van der Waals surface area (Å²) >= 11 is 1.81. The van der Waals surface area contributed by atoms with Gasteiger partial charge in [-0.15, -0.1) is 0 Å². The molecule has 1 nitrogen and oxygen atoms in total. The van der Waals surface area contributed by atoms with Gasteiger partial charge in [-0.25, -0.2) is 0 Å². The molecule has 0 atom stereocenters. The first kappa shape index (κ1) is 12.2. The van der Waals surface area contributed by atoms with Crippen LogP contribution in [0.3, 0.4) is 0 Å². The Morgan fingerprint density at radius 3 is 2.41 bits per heavy atom.